The van der Waals surface area contributed by atoms with Crippen LogP contribution in [0.5, 0.6) is 0 Å². The highest BCUT2D eigenvalue weighted by Gasteiger charge is 2.08. The number of nitrogens with zero attached hydrogens (tertiary/aromatic N) is 3. The molecule has 2 N–H and O–H groups in total. The van der Waals surface area contributed by atoms with E-state index in [-0.39, 0.29) is 18.2 Å². The molecule has 0 bridgehead atoms. The molecule has 0 radical (unpaired) electrons. The number of halogens is 2. The van der Waals surface area contributed by atoms with E-state index in [1.54, 1.807) is 13.1 Å². The van der Waals surface area contributed by atoms with Gasteiger partial charge in [-0.15, -0.1) is 5.10 Å². The molecule has 1 aromatic heterocycles. The van der Waals surface area contributed by atoms with Crippen molar-refractivity contribution in [2.45, 2.75) is 19.5 Å². The maximum atomic E-state index is 13.4. The highest BCUT2D eigenvalue weighted by Crippen LogP contribution is 2.12. The predicted molar refractivity (Wildman–Crippen MR) is 58.1 cm³/mol. The van der Waals surface area contributed by atoms with E-state index in [4.69, 9.17) is 5.73 Å². The molecule has 1 aromatic carbocycles. The molecule has 1 unspecified atom stereocenters. The summed E-state index contributed by atoms with van der Waals surface area (Å²) in [6.07, 6.45) is 1.62. The van der Waals surface area contributed by atoms with Gasteiger partial charge < -0.3 is 5.73 Å². The first-order valence-electron chi connectivity index (χ1n) is 5.16. The molecule has 0 amide bonds. The fraction of sp³-hybridized carbons (Fsp3) is 0.273. The Balaban J connectivity index is 2.22. The fourth-order valence-electron chi connectivity index (χ4n) is 1.44. The van der Waals surface area contributed by atoms with Crippen molar-refractivity contribution in [1.29, 1.82) is 0 Å². The second-order valence-corrected chi connectivity index (χ2v) is 3.87. The Morgan fingerprint density at radius 2 is 2.18 bits per heavy atom. The normalized spacial score (nSPS) is 12.7. The standard InChI is InChI=1S/C11H12F2N4/c1-7(14)11-6-17(16-15-11)5-8-4-9(12)2-3-10(8)13/h2-4,6-7H,5,14H2,1H3. The number of hydrogen-bond donors (Lipinski definition) is 1. The minimum atomic E-state index is -0.478. The van der Waals surface area contributed by atoms with Crippen LogP contribution in [0.2, 0.25) is 0 Å². The van der Waals surface area contributed by atoms with Gasteiger partial charge in [-0.05, 0) is 25.1 Å². The average Bonchev–Trinajstić information content (AvgIpc) is 2.72. The molecule has 0 spiro atoms. The molecule has 17 heavy (non-hydrogen) atoms. The first kappa shape index (κ1) is 11.7. The molecule has 0 aliphatic heterocycles. The third kappa shape index (κ3) is 2.65. The monoisotopic (exact) mass is 238 g/mol. The van der Waals surface area contributed by atoms with Crippen molar-refractivity contribution in [3.8, 4) is 0 Å². The van der Waals surface area contributed by atoms with Crippen LogP contribution >= 0.6 is 0 Å². The number of aromatic nitrogens is 3. The summed E-state index contributed by atoms with van der Waals surface area (Å²) in [4.78, 5) is 0. The van der Waals surface area contributed by atoms with Gasteiger partial charge in [-0.2, -0.15) is 0 Å². The highest BCUT2D eigenvalue weighted by molar-refractivity contribution is 5.19. The Hall–Kier alpha value is -1.82. The van der Waals surface area contributed by atoms with Gasteiger partial charge in [-0.1, -0.05) is 5.21 Å². The van der Waals surface area contributed by atoms with Crippen molar-refractivity contribution in [2.75, 3.05) is 0 Å². The van der Waals surface area contributed by atoms with E-state index in [1.165, 1.54) is 4.68 Å². The van der Waals surface area contributed by atoms with Gasteiger partial charge in [0.15, 0.2) is 0 Å². The minimum absolute atomic E-state index is 0.128. The molecular formula is C11H12F2N4. The molecule has 4 nitrogen and oxygen atoms in total. The molecular weight excluding hydrogens is 226 g/mol. The molecule has 2 aromatic rings. The lowest BCUT2D eigenvalue weighted by Gasteiger charge is -2.03. The highest BCUT2D eigenvalue weighted by atomic mass is 19.1. The van der Waals surface area contributed by atoms with Crippen LogP contribution in [0.4, 0.5) is 8.78 Å². The molecule has 0 fully saturated rings. The van der Waals surface area contributed by atoms with Gasteiger partial charge in [0.1, 0.15) is 11.6 Å². The van der Waals surface area contributed by atoms with Crippen LogP contribution < -0.4 is 5.73 Å². The van der Waals surface area contributed by atoms with Crippen molar-refractivity contribution in [1.82, 2.24) is 15.0 Å². The Bertz CT molecular complexity index is 522. The van der Waals surface area contributed by atoms with Gasteiger partial charge in [0, 0.05) is 11.6 Å². The van der Waals surface area contributed by atoms with E-state index < -0.39 is 11.6 Å². The molecule has 2 rings (SSSR count). The first-order chi connectivity index (χ1) is 8.06. The molecule has 0 aliphatic carbocycles. The topological polar surface area (TPSA) is 56.7 Å². The van der Waals surface area contributed by atoms with E-state index in [1.807, 2.05) is 0 Å². The predicted octanol–water partition coefficient (Wildman–Crippen LogP) is 1.62. The summed E-state index contributed by atoms with van der Waals surface area (Å²) < 4.78 is 27.7. The largest absolute Gasteiger partial charge is 0.323 e. The minimum Gasteiger partial charge on any atom is -0.323 e. The van der Waals surface area contributed by atoms with Gasteiger partial charge in [0.2, 0.25) is 0 Å². The second-order valence-electron chi connectivity index (χ2n) is 3.87. The zero-order valence-corrected chi connectivity index (χ0v) is 9.27. The summed E-state index contributed by atoms with van der Waals surface area (Å²) in [6.45, 7) is 1.90. The Kier molecular flexibility index (Phi) is 3.14. The van der Waals surface area contributed by atoms with E-state index >= 15 is 0 Å². The van der Waals surface area contributed by atoms with Crippen LogP contribution in [0.1, 0.15) is 24.2 Å². The Morgan fingerprint density at radius 3 is 2.82 bits per heavy atom. The molecule has 1 atom stereocenters. The van der Waals surface area contributed by atoms with Crippen molar-refractivity contribution in [3.63, 3.8) is 0 Å². The van der Waals surface area contributed by atoms with Gasteiger partial charge in [-0.3, -0.25) is 0 Å². The summed E-state index contributed by atoms with van der Waals surface area (Å²) in [5, 5.41) is 7.64. The van der Waals surface area contributed by atoms with Crippen LogP contribution in [-0.2, 0) is 6.54 Å². The quantitative estimate of drug-likeness (QED) is 0.884. The third-order valence-corrected chi connectivity index (χ3v) is 2.36. The van der Waals surface area contributed by atoms with Crippen molar-refractivity contribution in [2.24, 2.45) is 5.73 Å². The zero-order chi connectivity index (χ0) is 12.4. The number of benzene rings is 1. The molecule has 90 valence electrons. The lowest BCUT2D eigenvalue weighted by molar-refractivity contribution is 0.560. The molecule has 6 heteroatoms. The Labute approximate surface area is 97.0 Å². The first-order valence-corrected chi connectivity index (χ1v) is 5.16. The van der Waals surface area contributed by atoms with E-state index in [0.29, 0.717) is 5.69 Å². The summed E-state index contributed by atoms with van der Waals surface area (Å²) in [5.74, 6) is -0.946. The van der Waals surface area contributed by atoms with Crippen molar-refractivity contribution < 1.29 is 8.78 Å². The average molecular weight is 238 g/mol. The van der Waals surface area contributed by atoms with E-state index in [0.717, 1.165) is 18.2 Å². The third-order valence-electron chi connectivity index (χ3n) is 2.36. The summed E-state index contributed by atoms with van der Waals surface area (Å²) in [6, 6.07) is 3.07. The van der Waals surface area contributed by atoms with Gasteiger partial charge in [0.25, 0.3) is 0 Å². The van der Waals surface area contributed by atoms with Crippen LogP contribution in [0.3, 0.4) is 0 Å². The van der Waals surface area contributed by atoms with Crippen LogP contribution in [0.25, 0.3) is 0 Å². The van der Waals surface area contributed by atoms with E-state index in [9.17, 15) is 8.78 Å². The summed E-state index contributed by atoms with van der Waals surface area (Å²) in [7, 11) is 0. The maximum absolute atomic E-state index is 13.4. The lowest BCUT2D eigenvalue weighted by atomic mass is 10.2. The van der Waals surface area contributed by atoms with Crippen LogP contribution in [0, 0.1) is 11.6 Å². The molecule has 0 saturated carbocycles. The summed E-state index contributed by atoms with van der Waals surface area (Å²) in [5.41, 5.74) is 6.47. The fourth-order valence-corrected chi connectivity index (χ4v) is 1.44. The number of rotatable bonds is 3. The SMILES string of the molecule is CC(N)c1cn(Cc2cc(F)ccc2F)nn1. The molecule has 0 saturated heterocycles. The zero-order valence-electron chi connectivity index (χ0n) is 9.27. The number of nitrogens with two attached hydrogens (primary N) is 1. The summed E-state index contributed by atoms with van der Waals surface area (Å²) >= 11 is 0. The van der Waals surface area contributed by atoms with E-state index in [2.05, 4.69) is 10.3 Å². The maximum Gasteiger partial charge on any atom is 0.128 e. The van der Waals surface area contributed by atoms with Crippen molar-refractivity contribution in [3.05, 3.63) is 47.3 Å². The van der Waals surface area contributed by atoms with Gasteiger partial charge in [0.05, 0.1) is 18.4 Å². The number of hydrogen-bond acceptors (Lipinski definition) is 3. The van der Waals surface area contributed by atoms with Crippen LogP contribution in [-0.4, -0.2) is 15.0 Å². The van der Waals surface area contributed by atoms with Crippen molar-refractivity contribution >= 4 is 0 Å². The molecule has 1 heterocycles. The lowest BCUT2D eigenvalue weighted by Crippen LogP contribution is -2.05. The Morgan fingerprint density at radius 1 is 1.41 bits per heavy atom. The second kappa shape index (κ2) is 4.58. The smallest absolute Gasteiger partial charge is 0.128 e. The van der Waals surface area contributed by atoms with Crippen LogP contribution in [0.15, 0.2) is 24.4 Å². The molecule has 0 aliphatic rings. The van der Waals surface area contributed by atoms with Gasteiger partial charge >= 0.3 is 0 Å². The van der Waals surface area contributed by atoms with Gasteiger partial charge in [-0.25, -0.2) is 13.5 Å².